The maximum Gasteiger partial charge on any atom is 0.337 e. The molecule has 3 aliphatic heterocycles. The predicted molar refractivity (Wildman–Crippen MR) is 205 cm³/mol. The molecular weight excluding hydrogens is 659 g/mol. The van der Waals surface area contributed by atoms with Gasteiger partial charge >= 0.3 is 5.97 Å². The molecule has 51 heavy (non-hydrogen) atoms. The number of carboxylic acids is 1. The molecule has 0 saturated carbocycles. The first-order valence-corrected chi connectivity index (χ1v) is 19.2. The second-order valence-electron chi connectivity index (χ2n) is 16.1. The number of benzene rings is 3. The number of thiazole rings is 1. The van der Waals surface area contributed by atoms with Crippen molar-refractivity contribution in [2.45, 2.75) is 84.0 Å². The Bertz CT molecular complexity index is 2150. The Kier molecular flexibility index (Phi) is 8.63. The predicted octanol–water partition coefficient (Wildman–Crippen LogP) is 8.57. The number of likely N-dealkylation sites (N-methyl/N-ethyl adjacent to an activating group) is 1. The molecule has 9 nitrogen and oxygen atoms in total. The van der Waals surface area contributed by atoms with Crippen molar-refractivity contribution in [1.29, 1.82) is 0 Å². The number of anilines is 1. The third kappa shape index (κ3) is 6.29. The fraction of sp³-hybridized carbons (Fsp3) is 0.488. The van der Waals surface area contributed by atoms with Gasteiger partial charge in [-0.05, 0) is 119 Å². The zero-order chi connectivity index (χ0) is 35.8. The molecule has 268 valence electrons. The first-order chi connectivity index (χ1) is 24.3. The van der Waals surface area contributed by atoms with E-state index in [0.29, 0.717) is 30.0 Å². The number of carboxylic acid groups (broad SMARTS) is 1. The van der Waals surface area contributed by atoms with Gasteiger partial charge in [0, 0.05) is 54.8 Å². The average molecular weight is 708 g/mol. The van der Waals surface area contributed by atoms with Crippen LogP contribution in [-0.4, -0.2) is 75.7 Å². The molecule has 4 atom stereocenters. The largest absolute Gasteiger partial charge is 0.493 e. The summed E-state index contributed by atoms with van der Waals surface area (Å²) < 4.78 is 15.5. The molecule has 0 aliphatic carbocycles. The van der Waals surface area contributed by atoms with Crippen LogP contribution in [0.25, 0.3) is 42.8 Å². The van der Waals surface area contributed by atoms with Crippen LogP contribution in [0, 0.1) is 12.8 Å². The highest BCUT2D eigenvalue weighted by Gasteiger charge is 2.34. The van der Waals surface area contributed by atoms with E-state index in [-0.39, 0.29) is 0 Å². The number of rotatable bonds is 3. The van der Waals surface area contributed by atoms with Crippen LogP contribution >= 0.6 is 11.3 Å². The van der Waals surface area contributed by atoms with Crippen LogP contribution in [0.4, 0.5) is 5.82 Å². The zero-order valence-corrected chi connectivity index (χ0v) is 31.6. The van der Waals surface area contributed by atoms with Gasteiger partial charge in [-0.25, -0.2) is 9.78 Å². The molecule has 3 aromatic carbocycles. The van der Waals surface area contributed by atoms with Gasteiger partial charge in [0.2, 0.25) is 0 Å². The number of aryl methyl sites for hydroxylation is 2. The van der Waals surface area contributed by atoms with Gasteiger partial charge in [0.1, 0.15) is 10.8 Å². The molecule has 8 rings (SSSR count). The van der Waals surface area contributed by atoms with Gasteiger partial charge in [0.25, 0.3) is 0 Å². The number of hydrogen-bond donors (Lipinski definition) is 1. The number of carbonyl (C=O) groups is 1. The molecule has 2 aromatic heterocycles. The summed E-state index contributed by atoms with van der Waals surface area (Å²) in [7, 11) is 4.30. The van der Waals surface area contributed by atoms with Gasteiger partial charge in [-0.15, -0.1) is 11.3 Å². The van der Waals surface area contributed by atoms with E-state index in [1.807, 2.05) is 45.5 Å². The lowest BCUT2D eigenvalue weighted by molar-refractivity contribution is -0.160. The van der Waals surface area contributed by atoms with Crippen molar-refractivity contribution in [3.05, 3.63) is 59.2 Å². The molecule has 4 unspecified atom stereocenters. The van der Waals surface area contributed by atoms with E-state index in [9.17, 15) is 9.90 Å². The topological polar surface area (TPSA) is 92.9 Å². The summed E-state index contributed by atoms with van der Waals surface area (Å²) in [6, 6.07) is 15.5. The fourth-order valence-electron chi connectivity index (χ4n) is 8.54. The second-order valence-corrected chi connectivity index (χ2v) is 17.1. The number of piperazine rings is 1. The monoisotopic (exact) mass is 707 g/mol. The highest BCUT2D eigenvalue weighted by atomic mass is 32.1. The van der Waals surface area contributed by atoms with Gasteiger partial charge in [0.05, 0.1) is 27.9 Å². The standard InChI is InChI=1S/C41H49N5O4S/c1-23-8-9-25-14-17-49-33-13-11-26(20-29(25)33)35-34(36(40(47)48)50-41(3,4)5)24(2)19-31-37(35)51-39(42-31)27-10-12-32-30(21-27)38(43-45(32)7)46-16-15-44(6)28(18-23)22-46/h10-13,19-21,23,25,28,36H,8-9,14-18,22H2,1-7H3,(H,47,48). The zero-order valence-electron chi connectivity index (χ0n) is 30.8. The van der Waals surface area contributed by atoms with Gasteiger partial charge in [-0.2, -0.15) is 5.10 Å². The molecule has 1 saturated heterocycles. The normalized spacial score (nSPS) is 21.8. The van der Waals surface area contributed by atoms with E-state index < -0.39 is 17.7 Å². The first kappa shape index (κ1) is 34.1. The number of ether oxygens (including phenoxy) is 2. The molecular formula is C41H49N5O4S. The van der Waals surface area contributed by atoms with E-state index in [1.54, 1.807) is 11.3 Å². The van der Waals surface area contributed by atoms with E-state index >= 15 is 0 Å². The number of aromatic nitrogens is 3. The molecule has 0 spiro atoms. The Morgan fingerprint density at radius 3 is 2.65 bits per heavy atom. The van der Waals surface area contributed by atoms with Crippen LogP contribution in [0.5, 0.6) is 5.75 Å². The van der Waals surface area contributed by atoms with Crippen molar-refractivity contribution in [2.24, 2.45) is 13.0 Å². The Morgan fingerprint density at radius 2 is 1.86 bits per heavy atom. The SMILES string of the molecule is Cc1cc2nc3sc2c(c1C(OC(C)(C)C)C(=O)O)-c1ccc2c(c1)C(CCO2)CCC(C)CC1CN(CCN1C)c1nn(C)c2ccc-3cc12. The van der Waals surface area contributed by atoms with Crippen molar-refractivity contribution in [3.8, 4) is 27.4 Å². The molecule has 0 amide bonds. The van der Waals surface area contributed by atoms with Crippen LogP contribution in [-0.2, 0) is 16.6 Å². The van der Waals surface area contributed by atoms with E-state index in [2.05, 4.69) is 60.2 Å². The molecule has 1 N–H and O–H groups in total. The van der Waals surface area contributed by atoms with Crippen LogP contribution < -0.4 is 9.64 Å². The number of nitrogens with zero attached hydrogens (tertiary/aromatic N) is 5. The minimum Gasteiger partial charge on any atom is -0.493 e. The van der Waals surface area contributed by atoms with Gasteiger partial charge < -0.3 is 19.5 Å². The highest BCUT2D eigenvalue weighted by molar-refractivity contribution is 7.22. The highest BCUT2D eigenvalue weighted by Crippen LogP contribution is 2.47. The number of hydrogen-bond acceptors (Lipinski definition) is 8. The fourth-order valence-corrected chi connectivity index (χ4v) is 9.66. The van der Waals surface area contributed by atoms with Crippen molar-refractivity contribution in [3.63, 3.8) is 0 Å². The van der Waals surface area contributed by atoms with Gasteiger partial charge in [0.15, 0.2) is 11.9 Å². The Hall–Kier alpha value is -3.99. The maximum atomic E-state index is 13.1. The Balaban J connectivity index is 1.38. The molecule has 10 heteroatoms. The molecule has 0 radical (unpaired) electrons. The van der Waals surface area contributed by atoms with Crippen molar-refractivity contribution >= 4 is 44.2 Å². The summed E-state index contributed by atoms with van der Waals surface area (Å²) in [4.78, 5) is 23.3. The van der Waals surface area contributed by atoms with Crippen molar-refractivity contribution < 1.29 is 19.4 Å². The van der Waals surface area contributed by atoms with Crippen LogP contribution in [0.3, 0.4) is 0 Å². The average Bonchev–Trinajstić information content (AvgIpc) is 3.66. The van der Waals surface area contributed by atoms with E-state index in [0.717, 1.165) is 105 Å². The Morgan fingerprint density at radius 1 is 1.06 bits per heavy atom. The van der Waals surface area contributed by atoms with Gasteiger partial charge in [-0.1, -0.05) is 19.4 Å². The summed E-state index contributed by atoms with van der Waals surface area (Å²) >= 11 is 1.62. The molecule has 5 aromatic rings. The minimum absolute atomic E-state index is 0.365. The Labute approximate surface area is 304 Å². The second kappa shape index (κ2) is 12.9. The number of fused-ring (bicyclic) bond motifs is 8. The summed E-state index contributed by atoms with van der Waals surface area (Å²) in [6.45, 7) is 13.7. The summed E-state index contributed by atoms with van der Waals surface area (Å²) in [5.74, 6) is 1.89. The number of aliphatic carboxylic acids is 1. The van der Waals surface area contributed by atoms with Crippen LogP contribution in [0.2, 0.25) is 0 Å². The lowest BCUT2D eigenvalue weighted by Gasteiger charge is -2.41. The van der Waals surface area contributed by atoms with E-state index in [4.69, 9.17) is 19.6 Å². The summed E-state index contributed by atoms with van der Waals surface area (Å²) in [6.07, 6.45) is 3.17. The lowest BCUT2D eigenvalue weighted by Crippen LogP contribution is -2.52. The molecule has 8 bridgehead atoms. The maximum absolute atomic E-state index is 13.1. The smallest absolute Gasteiger partial charge is 0.337 e. The van der Waals surface area contributed by atoms with Gasteiger partial charge in [-0.3, -0.25) is 9.58 Å². The molecule has 3 aliphatic rings. The molecule has 1 fully saturated rings. The van der Waals surface area contributed by atoms with Crippen molar-refractivity contribution in [2.75, 3.05) is 38.2 Å². The van der Waals surface area contributed by atoms with Crippen molar-refractivity contribution in [1.82, 2.24) is 19.7 Å². The van der Waals surface area contributed by atoms with E-state index in [1.165, 1.54) is 5.56 Å². The quantitative estimate of drug-likeness (QED) is 0.200. The third-order valence-electron chi connectivity index (χ3n) is 11.2. The minimum atomic E-state index is -1.15. The third-order valence-corrected chi connectivity index (χ3v) is 12.3. The lowest BCUT2D eigenvalue weighted by atomic mass is 9.83. The first-order valence-electron chi connectivity index (χ1n) is 18.4. The van der Waals surface area contributed by atoms with Crippen LogP contribution in [0.15, 0.2) is 42.5 Å². The summed E-state index contributed by atoms with van der Waals surface area (Å²) in [5.41, 5.74) is 6.92. The molecule has 5 heterocycles. The van der Waals surface area contributed by atoms with Crippen LogP contribution in [0.1, 0.15) is 82.1 Å². The summed E-state index contributed by atoms with van der Waals surface area (Å²) in [5, 5.41) is 17.8.